The summed E-state index contributed by atoms with van der Waals surface area (Å²) in [5.41, 5.74) is 1.57. The normalized spacial score (nSPS) is 14.5. The van der Waals surface area contributed by atoms with Gasteiger partial charge in [-0.3, -0.25) is 37.8 Å². The molecule has 0 saturated heterocycles. The number of benzene rings is 1. The zero-order valence-electron chi connectivity index (χ0n) is 29.1. The first-order valence-corrected chi connectivity index (χ1v) is 17.9. The van der Waals surface area contributed by atoms with Gasteiger partial charge in [0.25, 0.3) is 12.9 Å². The highest BCUT2D eigenvalue weighted by atomic mass is 31.2. The van der Waals surface area contributed by atoms with E-state index in [-0.39, 0.29) is 50.9 Å². The van der Waals surface area contributed by atoms with Crippen LogP contribution in [0.2, 0.25) is 0 Å². The van der Waals surface area contributed by atoms with Crippen LogP contribution >= 0.6 is 7.82 Å². The summed E-state index contributed by atoms with van der Waals surface area (Å²) in [5, 5.41) is 10.8. The summed E-state index contributed by atoms with van der Waals surface area (Å²) in [6.07, 6.45) is 3.21. The van der Waals surface area contributed by atoms with Crippen LogP contribution in [0.1, 0.15) is 52.5 Å². The summed E-state index contributed by atoms with van der Waals surface area (Å²) in [7, 11) is -4.78. The van der Waals surface area contributed by atoms with Gasteiger partial charge in [-0.05, 0) is 36.1 Å². The molecule has 4 amide bonds. The molecular weight excluding hydrogens is 693 g/mol. The number of ether oxygens (including phenoxy) is 3. The topological polar surface area (TPSA) is 250 Å². The monoisotopic (exact) mass is 741 g/mol. The van der Waals surface area contributed by atoms with Gasteiger partial charge >= 0.3 is 7.82 Å². The lowest BCUT2D eigenvalue weighted by Crippen LogP contribution is -2.51. The van der Waals surface area contributed by atoms with Gasteiger partial charge in [0.1, 0.15) is 24.4 Å². The van der Waals surface area contributed by atoms with Crippen molar-refractivity contribution in [3.63, 3.8) is 0 Å². The van der Waals surface area contributed by atoms with E-state index in [0.29, 0.717) is 18.8 Å². The smallest absolute Gasteiger partial charge is 0.472 e. The Labute approximate surface area is 295 Å². The van der Waals surface area contributed by atoms with Crippen LogP contribution in [-0.2, 0) is 58.3 Å². The number of aromatic nitrogens is 1. The molecule has 0 spiro atoms. The van der Waals surface area contributed by atoms with E-state index in [1.807, 2.05) is 25.1 Å². The first-order valence-electron chi connectivity index (χ1n) is 16.4. The third-order valence-electron chi connectivity index (χ3n) is 7.52. The molecule has 0 aliphatic heterocycles. The average Bonchev–Trinajstić information content (AvgIpc) is 3.49. The number of unbranched alkanes of at least 4 members (excludes halogenated alkanes) is 1. The molecule has 5 atom stereocenters. The number of hydrogen-bond donors (Lipinski definition) is 6. The van der Waals surface area contributed by atoms with Crippen LogP contribution < -0.4 is 26.0 Å². The second-order valence-corrected chi connectivity index (χ2v) is 13.0. The molecule has 19 heteroatoms. The average molecular weight is 742 g/mol. The van der Waals surface area contributed by atoms with Crippen LogP contribution in [0.3, 0.4) is 0 Å². The van der Waals surface area contributed by atoms with Crippen LogP contribution in [0.5, 0.6) is 5.75 Å². The molecule has 1 heterocycles. The Morgan fingerprint density at radius 3 is 2.43 bits per heavy atom. The number of phosphoric ester groups is 1. The van der Waals surface area contributed by atoms with Crippen LogP contribution in [-0.4, -0.2) is 104 Å². The molecule has 51 heavy (non-hydrogen) atoms. The third kappa shape index (κ3) is 15.5. The van der Waals surface area contributed by atoms with Crippen molar-refractivity contribution in [2.45, 2.75) is 71.6 Å². The molecule has 284 valence electrons. The van der Waals surface area contributed by atoms with Crippen molar-refractivity contribution in [1.82, 2.24) is 26.3 Å². The molecular formula is C32H48N5O13P. The summed E-state index contributed by atoms with van der Waals surface area (Å²) < 4.78 is 37.3. The Kier molecular flexibility index (Phi) is 18.7. The van der Waals surface area contributed by atoms with E-state index in [4.69, 9.17) is 13.8 Å². The number of H-pyrrole nitrogens is 1. The van der Waals surface area contributed by atoms with Crippen LogP contribution in [0.15, 0.2) is 24.4 Å². The van der Waals surface area contributed by atoms with Gasteiger partial charge in [-0.25, -0.2) is 4.57 Å². The van der Waals surface area contributed by atoms with Gasteiger partial charge in [0.15, 0.2) is 6.10 Å². The third-order valence-corrected chi connectivity index (χ3v) is 8.51. The number of rotatable bonds is 26. The summed E-state index contributed by atoms with van der Waals surface area (Å²) >= 11 is 0. The number of aromatic amines is 1. The fourth-order valence-electron chi connectivity index (χ4n) is 4.62. The Bertz CT molecular complexity index is 1500. The van der Waals surface area contributed by atoms with Crippen molar-refractivity contribution in [3.05, 3.63) is 30.0 Å². The van der Waals surface area contributed by atoms with E-state index >= 15 is 0 Å². The summed E-state index contributed by atoms with van der Waals surface area (Å²) in [5.74, 6) is -1.99. The number of amides is 4. The maximum atomic E-state index is 13.1. The van der Waals surface area contributed by atoms with Crippen LogP contribution in [0.25, 0.3) is 10.9 Å². The van der Waals surface area contributed by atoms with E-state index in [1.165, 1.54) is 0 Å². The molecule has 0 fully saturated rings. The SMILES string of the molecule is CCCCOc1ccc2[nH]cc(CC(=O)N[C@H](C(=O)NCCOP(=O)(O)OC[C@@H](NC(C)=O)C(=O)NC[C@@H](COC=O)OC=O)[C@@H](C)CC)c2c1. The van der Waals surface area contributed by atoms with Crippen LogP contribution in [0, 0.1) is 5.92 Å². The highest BCUT2D eigenvalue weighted by Gasteiger charge is 2.29. The predicted octanol–water partition coefficient (Wildman–Crippen LogP) is 1.01. The van der Waals surface area contributed by atoms with E-state index in [1.54, 1.807) is 13.1 Å². The maximum Gasteiger partial charge on any atom is 0.472 e. The molecule has 0 saturated carbocycles. The Balaban J connectivity index is 1.90. The number of carbonyl (C=O) groups excluding carboxylic acids is 6. The molecule has 0 bridgehead atoms. The molecule has 1 unspecified atom stereocenters. The summed E-state index contributed by atoms with van der Waals surface area (Å²) in [6.45, 7) is 5.49. The van der Waals surface area contributed by atoms with Gasteiger partial charge in [-0.15, -0.1) is 0 Å². The lowest BCUT2D eigenvalue weighted by Gasteiger charge is -2.24. The van der Waals surface area contributed by atoms with Crippen molar-refractivity contribution in [1.29, 1.82) is 0 Å². The molecule has 6 N–H and O–H groups in total. The standard InChI is InChI=1S/C32H48N5O13P/c1-5-7-11-47-24-8-9-27-26(14-24)23(15-34-27)13-29(41)37-30(21(3)6-2)32(43)33-10-12-49-51(44,45)50-18-28(36-22(4)40)31(42)35-16-25(48-20-39)17-46-19-38/h8-9,14-15,19-21,25,28,30,34H,5-7,10-13,16-18H2,1-4H3,(H,33,43)(H,35,42)(H,36,40)(H,37,41)(H,44,45)/t21-,25-,28+,30-/m0/s1. The van der Waals surface area contributed by atoms with E-state index in [0.717, 1.165) is 36.2 Å². The zero-order chi connectivity index (χ0) is 37.8. The molecule has 18 nitrogen and oxygen atoms in total. The minimum absolute atomic E-state index is 0.00591. The van der Waals surface area contributed by atoms with Crippen molar-refractivity contribution in [2.24, 2.45) is 5.92 Å². The van der Waals surface area contributed by atoms with Gasteiger partial charge in [0.2, 0.25) is 23.6 Å². The van der Waals surface area contributed by atoms with Gasteiger partial charge in [-0.2, -0.15) is 0 Å². The highest BCUT2D eigenvalue weighted by molar-refractivity contribution is 7.47. The second kappa shape index (κ2) is 22.3. The Hall–Kier alpha value is -4.51. The van der Waals surface area contributed by atoms with E-state index in [9.17, 15) is 38.2 Å². The second-order valence-electron chi connectivity index (χ2n) is 11.5. The minimum Gasteiger partial charge on any atom is -0.494 e. The molecule has 1 aromatic heterocycles. The summed E-state index contributed by atoms with van der Waals surface area (Å²) in [4.78, 5) is 84.7. The summed E-state index contributed by atoms with van der Waals surface area (Å²) in [6, 6.07) is 3.25. The number of nitrogens with one attached hydrogen (secondary N) is 5. The lowest BCUT2D eigenvalue weighted by atomic mass is 9.98. The number of carbonyl (C=O) groups is 6. The predicted molar refractivity (Wildman–Crippen MR) is 182 cm³/mol. The van der Waals surface area contributed by atoms with Crippen molar-refractivity contribution >= 4 is 55.3 Å². The number of fused-ring (bicyclic) bond motifs is 1. The first-order chi connectivity index (χ1) is 24.3. The molecule has 2 rings (SSSR count). The van der Waals surface area contributed by atoms with Crippen molar-refractivity contribution in [2.75, 3.05) is 39.5 Å². The highest BCUT2D eigenvalue weighted by Crippen LogP contribution is 2.42. The Morgan fingerprint density at radius 2 is 1.76 bits per heavy atom. The van der Waals surface area contributed by atoms with Crippen LogP contribution in [0.4, 0.5) is 0 Å². The zero-order valence-corrected chi connectivity index (χ0v) is 30.0. The molecule has 0 aliphatic carbocycles. The van der Waals surface area contributed by atoms with Gasteiger partial charge < -0.3 is 45.4 Å². The van der Waals surface area contributed by atoms with Crippen molar-refractivity contribution in [3.8, 4) is 5.75 Å². The van der Waals surface area contributed by atoms with E-state index in [2.05, 4.69) is 42.6 Å². The van der Waals surface area contributed by atoms with E-state index < -0.39 is 56.9 Å². The largest absolute Gasteiger partial charge is 0.494 e. The first kappa shape index (κ1) is 42.7. The fourth-order valence-corrected chi connectivity index (χ4v) is 5.35. The maximum absolute atomic E-state index is 13.1. The fraction of sp³-hybridized carbons (Fsp3) is 0.562. The quantitative estimate of drug-likeness (QED) is 0.0448. The molecule has 0 radical (unpaired) electrons. The van der Waals surface area contributed by atoms with Crippen molar-refractivity contribution < 1.29 is 61.5 Å². The minimum atomic E-state index is -4.78. The molecule has 1 aromatic carbocycles. The van der Waals surface area contributed by atoms with Gasteiger partial charge in [-0.1, -0.05) is 33.6 Å². The number of hydrogen-bond acceptors (Lipinski definition) is 12. The molecule has 2 aromatic rings. The Morgan fingerprint density at radius 1 is 1.00 bits per heavy atom. The lowest BCUT2D eigenvalue weighted by molar-refractivity contribution is -0.143. The number of phosphoric acid groups is 1. The van der Waals surface area contributed by atoms with Gasteiger partial charge in [0, 0.05) is 30.6 Å². The van der Waals surface area contributed by atoms with Gasteiger partial charge in [0.05, 0.1) is 32.8 Å². The molecule has 0 aliphatic rings.